The van der Waals surface area contributed by atoms with Gasteiger partial charge in [0.05, 0.1) is 5.69 Å². The Labute approximate surface area is 152 Å². The number of hydrogen-bond acceptors (Lipinski definition) is 2. The van der Waals surface area contributed by atoms with Crippen molar-refractivity contribution in [1.29, 1.82) is 0 Å². The van der Waals surface area contributed by atoms with Crippen LogP contribution in [0.25, 0.3) is 5.57 Å². The van der Waals surface area contributed by atoms with Gasteiger partial charge in [0.1, 0.15) is 5.82 Å². The standard InChI is InChI=1S/C22H31FN2/c1-6-9-12-18(16-24-5)20-14-17(4)22(15-21(20)23)25-19(11-8-3)13-10-7-2/h9,12,14-16H,5-8,10-11,13H2,1-4H3/b12-9+,18-16+,25-19?. The van der Waals surface area contributed by atoms with Gasteiger partial charge >= 0.3 is 0 Å². The summed E-state index contributed by atoms with van der Waals surface area (Å²) in [5.41, 5.74) is 4.13. The van der Waals surface area contributed by atoms with Gasteiger partial charge in [0.15, 0.2) is 0 Å². The molecule has 0 N–H and O–H groups in total. The predicted molar refractivity (Wildman–Crippen MR) is 110 cm³/mol. The van der Waals surface area contributed by atoms with Crippen LogP contribution in [0.5, 0.6) is 0 Å². The van der Waals surface area contributed by atoms with E-state index in [2.05, 4.69) is 25.6 Å². The van der Waals surface area contributed by atoms with Gasteiger partial charge in [-0.25, -0.2) is 4.39 Å². The molecule has 0 saturated heterocycles. The Hall–Kier alpha value is -2.03. The number of aliphatic imine (C=N–C) groups is 2. The highest BCUT2D eigenvalue weighted by Crippen LogP contribution is 2.29. The third-order valence-electron chi connectivity index (χ3n) is 4.00. The minimum atomic E-state index is -0.272. The highest BCUT2D eigenvalue weighted by atomic mass is 19.1. The average Bonchev–Trinajstić information content (AvgIpc) is 2.59. The molecule has 0 spiro atoms. The zero-order valence-corrected chi connectivity index (χ0v) is 16.1. The van der Waals surface area contributed by atoms with E-state index in [1.54, 1.807) is 12.3 Å². The number of hydrogen-bond donors (Lipinski definition) is 0. The van der Waals surface area contributed by atoms with E-state index < -0.39 is 0 Å². The third-order valence-corrected chi connectivity index (χ3v) is 4.00. The summed E-state index contributed by atoms with van der Waals surface area (Å²) < 4.78 is 14.7. The minimum Gasteiger partial charge on any atom is -0.272 e. The fourth-order valence-corrected chi connectivity index (χ4v) is 2.63. The molecular weight excluding hydrogens is 311 g/mol. The summed E-state index contributed by atoms with van der Waals surface area (Å²) in [6, 6.07) is 3.40. The maximum Gasteiger partial charge on any atom is 0.133 e. The van der Waals surface area contributed by atoms with E-state index in [0.717, 1.165) is 61.1 Å². The fourth-order valence-electron chi connectivity index (χ4n) is 2.63. The first kappa shape index (κ1) is 21.0. The number of aryl methyl sites for hydroxylation is 1. The Morgan fingerprint density at radius 1 is 1.16 bits per heavy atom. The van der Waals surface area contributed by atoms with Gasteiger partial charge in [0.25, 0.3) is 0 Å². The van der Waals surface area contributed by atoms with Gasteiger partial charge in [-0.3, -0.25) is 9.98 Å². The summed E-state index contributed by atoms with van der Waals surface area (Å²) >= 11 is 0. The molecule has 0 aliphatic rings. The highest BCUT2D eigenvalue weighted by molar-refractivity contribution is 5.87. The number of unbranched alkanes of at least 4 members (excludes halogenated alkanes) is 1. The molecule has 0 heterocycles. The molecule has 1 aromatic rings. The largest absolute Gasteiger partial charge is 0.272 e. The van der Waals surface area contributed by atoms with Crippen LogP contribution in [0.2, 0.25) is 0 Å². The Morgan fingerprint density at radius 3 is 2.52 bits per heavy atom. The van der Waals surface area contributed by atoms with Crippen LogP contribution < -0.4 is 0 Å². The predicted octanol–water partition coefficient (Wildman–Crippen LogP) is 7.20. The van der Waals surface area contributed by atoms with Crippen molar-refractivity contribution in [2.45, 2.75) is 66.2 Å². The van der Waals surface area contributed by atoms with Gasteiger partial charge in [-0.15, -0.1) is 0 Å². The lowest BCUT2D eigenvalue weighted by molar-refractivity contribution is 0.624. The van der Waals surface area contributed by atoms with Gasteiger partial charge in [-0.05, 0) is 51.0 Å². The molecule has 3 heteroatoms. The molecule has 136 valence electrons. The van der Waals surface area contributed by atoms with E-state index in [0.29, 0.717) is 5.56 Å². The van der Waals surface area contributed by atoms with Gasteiger partial charge < -0.3 is 0 Å². The molecule has 0 aromatic heterocycles. The maximum absolute atomic E-state index is 14.7. The summed E-state index contributed by atoms with van der Waals surface area (Å²) in [6.07, 6.45) is 11.6. The smallest absolute Gasteiger partial charge is 0.133 e. The molecule has 0 fully saturated rings. The maximum atomic E-state index is 14.7. The number of nitrogens with zero attached hydrogens (tertiary/aromatic N) is 2. The summed E-state index contributed by atoms with van der Waals surface area (Å²) in [6.45, 7) is 11.8. The molecule has 2 nitrogen and oxygen atoms in total. The molecule has 1 aromatic carbocycles. The number of allylic oxidation sites excluding steroid dienone is 3. The van der Waals surface area contributed by atoms with Crippen molar-refractivity contribution in [3.63, 3.8) is 0 Å². The lowest BCUT2D eigenvalue weighted by Crippen LogP contribution is -1.98. The van der Waals surface area contributed by atoms with Gasteiger partial charge in [-0.2, -0.15) is 0 Å². The van der Waals surface area contributed by atoms with E-state index in [1.165, 1.54) is 0 Å². The van der Waals surface area contributed by atoms with Crippen molar-refractivity contribution in [3.05, 3.63) is 47.4 Å². The van der Waals surface area contributed by atoms with Crippen LogP contribution in [0.1, 0.15) is 70.4 Å². The van der Waals surface area contributed by atoms with Crippen LogP contribution in [-0.2, 0) is 0 Å². The minimum absolute atomic E-state index is 0.272. The molecule has 0 bridgehead atoms. The number of rotatable bonds is 10. The first-order valence-electron chi connectivity index (χ1n) is 9.26. The van der Waals surface area contributed by atoms with E-state index in [9.17, 15) is 4.39 Å². The van der Waals surface area contributed by atoms with Crippen molar-refractivity contribution >= 4 is 23.7 Å². The Kier molecular flexibility index (Phi) is 9.68. The Bertz CT molecular complexity index is 654. The van der Waals surface area contributed by atoms with Crippen molar-refractivity contribution in [1.82, 2.24) is 0 Å². The molecule has 0 aliphatic heterocycles. The second-order valence-electron chi connectivity index (χ2n) is 6.23. The molecule has 0 saturated carbocycles. The molecule has 0 unspecified atom stereocenters. The zero-order valence-electron chi connectivity index (χ0n) is 16.1. The van der Waals surface area contributed by atoms with Crippen molar-refractivity contribution < 1.29 is 4.39 Å². The van der Waals surface area contributed by atoms with E-state index in [1.807, 2.05) is 32.1 Å². The Balaban J connectivity index is 3.26. The monoisotopic (exact) mass is 342 g/mol. The van der Waals surface area contributed by atoms with Gasteiger partial charge in [0.2, 0.25) is 0 Å². The summed E-state index contributed by atoms with van der Waals surface area (Å²) in [5, 5.41) is 0. The average molecular weight is 343 g/mol. The van der Waals surface area contributed by atoms with E-state index in [-0.39, 0.29) is 5.82 Å². The number of halogens is 1. The molecular formula is C22H31FN2. The van der Waals surface area contributed by atoms with E-state index >= 15 is 0 Å². The first-order chi connectivity index (χ1) is 12.1. The second-order valence-corrected chi connectivity index (χ2v) is 6.23. The highest BCUT2D eigenvalue weighted by Gasteiger charge is 2.11. The molecule has 1 rings (SSSR count). The van der Waals surface area contributed by atoms with Crippen LogP contribution in [0, 0.1) is 12.7 Å². The lowest BCUT2D eigenvalue weighted by atomic mass is 10.0. The van der Waals surface area contributed by atoms with Crippen molar-refractivity contribution in [2.75, 3.05) is 0 Å². The normalized spacial score (nSPS) is 12.8. The summed E-state index contributed by atoms with van der Waals surface area (Å²) in [7, 11) is 0. The van der Waals surface area contributed by atoms with Crippen LogP contribution in [0.3, 0.4) is 0 Å². The summed E-state index contributed by atoms with van der Waals surface area (Å²) in [4.78, 5) is 8.57. The molecule has 0 atom stereocenters. The molecule has 0 amide bonds. The Morgan fingerprint density at radius 2 is 1.92 bits per heavy atom. The topological polar surface area (TPSA) is 24.7 Å². The van der Waals surface area contributed by atoms with Gasteiger partial charge in [-0.1, -0.05) is 45.8 Å². The van der Waals surface area contributed by atoms with Crippen molar-refractivity contribution in [2.24, 2.45) is 9.98 Å². The van der Waals surface area contributed by atoms with E-state index in [4.69, 9.17) is 4.99 Å². The first-order valence-corrected chi connectivity index (χ1v) is 9.26. The summed E-state index contributed by atoms with van der Waals surface area (Å²) in [5.74, 6) is -0.272. The number of benzene rings is 1. The molecule has 25 heavy (non-hydrogen) atoms. The van der Waals surface area contributed by atoms with Crippen LogP contribution >= 0.6 is 0 Å². The lowest BCUT2D eigenvalue weighted by Gasteiger charge is -2.10. The molecule has 0 radical (unpaired) electrons. The third kappa shape index (κ3) is 6.77. The quantitative estimate of drug-likeness (QED) is 0.317. The van der Waals surface area contributed by atoms with Crippen LogP contribution in [0.4, 0.5) is 10.1 Å². The van der Waals surface area contributed by atoms with Crippen LogP contribution in [-0.4, -0.2) is 12.4 Å². The molecule has 0 aliphatic carbocycles. The SMILES string of the molecule is C=N/C=C(\C=C\CC)c1cc(C)c(N=C(CCC)CCCC)cc1F. The van der Waals surface area contributed by atoms with Crippen molar-refractivity contribution in [3.8, 4) is 0 Å². The zero-order chi connectivity index (χ0) is 18.7. The van der Waals surface area contributed by atoms with Gasteiger partial charge in [0, 0.05) is 29.1 Å². The second kappa shape index (κ2) is 11.5. The fraction of sp³-hybridized carbons (Fsp3) is 0.455. The van der Waals surface area contributed by atoms with Crippen LogP contribution in [0.15, 0.2) is 40.5 Å².